The van der Waals surface area contributed by atoms with Gasteiger partial charge in [-0.2, -0.15) is 0 Å². The maximum Gasteiger partial charge on any atom is 0.270 e. The van der Waals surface area contributed by atoms with Gasteiger partial charge in [0.25, 0.3) is 5.91 Å². The first-order chi connectivity index (χ1) is 10.2. The molecule has 0 spiro atoms. The maximum atomic E-state index is 12.4. The number of amides is 1. The van der Waals surface area contributed by atoms with Crippen molar-refractivity contribution in [1.29, 1.82) is 0 Å². The summed E-state index contributed by atoms with van der Waals surface area (Å²) in [7, 11) is 0. The van der Waals surface area contributed by atoms with Crippen LogP contribution in [0.5, 0.6) is 0 Å². The summed E-state index contributed by atoms with van der Waals surface area (Å²) in [4.78, 5) is 20.1. The van der Waals surface area contributed by atoms with E-state index in [9.17, 15) is 4.79 Å². The number of carbonyl (C=O) groups is 1. The fourth-order valence-electron chi connectivity index (χ4n) is 3.47. The second-order valence-electron chi connectivity index (χ2n) is 6.01. The number of nitrogens with zero attached hydrogens (tertiary/aromatic N) is 2. The van der Waals surface area contributed by atoms with Gasteiger partial charge in [-0.05, 0) is 31.4 Å². The largest absolute Gasteiger partial charge is 0.347 e. The maximum absolute atomic E-state index is 12.4. The molecule has 4 nitrogen and oxygen atoms in total. The molecule has 2 fully saturated rings. The van der Waals surface area contributed by atoms with Gasteiger partial charge in [0.2, 0.25) is 0 Å². The van der Waals surface area contributed by atoms with Gasteiger partial charge in [-0.25, -0.2) is 4.98 Å². The molecule has 0 aromatic carbocycles. The number of carbonyl (C=O) groups excluding carboxylic acids is 1. The quantitative estimate of drug-likeness (QED) is 0.836. The normalized spacial score (nSPS) is 28.0. The van der Waals surface area contributed by atoms with E-state index in [1.54, 1.807) is 17.5 Å². The van der Waals surface area contributed by atoms with E-state index in [1.165, 1.54) is 19.5 Å². The number of pyridine rings is 1. The Balaban J connectivity index is 1.52. The van der Waals surface area contributed by atoms with E-state index < -0.39 is 0 Å². The number of thiol groups is 1. The molecular weight excluding hydrogens is 302 g/mol. The zero-order valence-corrected chi connectivity index (χ0v) is 13.3. The lowest BCUT2D eigenvalue weighted by atomic mass is 9.97. The van der Waals surface area contributed by atoms with Gasteiger partial charge in [-0.1, -0.05) is 0 Å². The first-order valence-electron chi connectivity index (χ1n) is 7.28. The molecular formula is C15H17N3OS2. The molecule has 0 saturated carbocycles. The molecule has 2 aromatic rings. The molecule has 1 N–H and O–H groups in total. The van der Waals surface area contributed by atoms with Gasteiger partial charge in [-0.15, -0.1) is 24.0 Å². The Morgan fingerprint density at radius 2 is 2.38 bits per heavy atom. The van der Waals surface area contributed by atoms with Gasteiger partial charge in [0.1, 0.15) is 5.69 Å². The highest BCUT2D eigenvalue weighted by molar-refractivity contribution is 7.80. The van der Waals surface area contributed by atoms with Gasteiger partial charge in [-0.3, -0.25) is 4.79 Å². The number of aromatic nitrogens is 1. The van der Waals surface area contributed by atoms with Crippen LogP contribution in [-0.4, -0.2) is 41.5 Å². The summed E-state index contributed by atoms with van der Waals surface area (Å²) in [5, 5.41) is 6.13. The van der Waals surface area contributed by atoms with Crippen molar-refractivity contribution in [2.75, 3.05) is 19.6 Å². The zero-order valence-electron chi connectivity index (χ0n) is 11.6. The number of rotatable bonds is 2. The van der Waals surface area contributed by atoms with Gasteiger partial charge < -0.3 is 10.2 Å². The molecule has 0 radical (unpaired) electrons. The van der Waals surface area contributed by atoms with Crippen LogP contribution in [0.15, 0.2) is 22.5 Å². The van der Waals surface area contributed by atoms with Crippen LogP contribution in [0.25, 0.3) is 10.1 Å². The molecule has 2 aromatic heterocycles. The average molecular weight is 319 g/mol. The molecule has 21 heavy (non-hydrogen) atoms. The first-order valence-corrected chi connectivity index (χ1v) is 8.61. The van der Waals surface area contributed by atoms with Crippen LogP contribution in [0.2, 0.25) is 0 Å². The molecule has 6 heteroatoms. The van der Waals surface area contributed by atoms with Gasteiger partial charge in [0, 0.05) is 41.0 Å². The Morgan fingerprint density at radius 1 is 1.48 bits per heavy atom. The van der Waals surface area contributed by atoms with Crippen molar-refractivity contribution >= 4 is 40.0 Å². The van der Waals surface area contributed by atoms with Crippen LogP contribution in [-0.2, 0) is 0 Å². The fraction of sp³-hybridized carbons (Fsp3) is 0.467. The zero-order chi connectivity index (χ0) is 14.4. The fourth-order valence-corrected chi connectivity index (χ4v) is 4.66. The molecule has 1 amide bonds. The minimum absolute atomic E-state index is 0.0664. The van der Waals surface area contributed by atoms with Gasteiger partial charge in [0.05, 0.1) is 4.70 Å². The second-order valence-corrected chi connectivity index (χ2v) is 7.40. The van der Waals surface area contributed by atoms with Crippen LogP contribution < -0.4 is 5.32 Å². The lowest BCUT2D eigenvalue weighted by Crippen LogP contribution is -2.47. The Bertz CT molecular complexity index is 687. The van der Waals surface area contributed by atoms with Crippen molar-refractivity contribution in [1.82, 2.24) is 15.2 Å². The van der Waals surface area contributed by atoms with Crippen molar-refractivity contribution in [3.8, 4) is 0 Å². The van der Waals surface area contributed by atoms with Crippen LogP contribution in [0.4, 0.5) is 0 Å². The summed E-state index contributed by atoms with van der Waals surface area (Å²) >= 11 is 6.03. The Hall–Kier alpha value is -1.11. The third-order valence-electron chi connectivity index (χ3n) is 4.48. The number of hydrogen-bond donors (Lipinski definition) is 2. The summed E-state index contributed by atoms with van der Waals surface area (Å²) in [6.07, 6.45) is 4.14. The van der Waals surface area contributed by atoms with Crippen molar-refractivity contribution in [3.05, 3.63) is 23.3 Å². The van der Waals surface area contributed by atoms with Gasteiger partial charge >= 0.3 is 0 Å². The minimum atomic E-state index is -0.0664. The summed E-state index contributed by atoms with van der Waals surface area (Å²) in [6, 6.07) is 2.11. The second kappa shape index (κ2) is 5.26. The van der Waals surface area contributed by atoms with E-state index in [4.69, 9.17) is 0 Å². The monoisotopic (exact) mass is 319 g/mol. The highest BCUT2D eigenvalue weighted by atomic mass is 32.1. The van der Waals surface area contributed by atoms with Crippen LogP contribution in [0.1, 0.15) is 23.3 Å². The summed E-state index contributed by atoms with van der Waals surface area (Å²) in [6.45, 7) is 3.36. The predicted octanol–water partition coefficient (Wildman–Crippen LogP) is 2.41. The number of thiophene rings is 1. The molecule has 110 valence electrons. The van der Waals surface area contributed by atoms with E-state index in [0.29, 0.717) is 5.69 Å². The molecule has 0 aliphatic carbocycles. The van der Waals surface area contributed by atoms with Crippen molar-refractivity contribution in [2.45, 2.75) is 23.8 Å². The predicted molar refractivity (Wildman–Crippen MR) is 87.3 cm³/mol. The van der Waals surface area contributed by atoms with E-state index in [1.807, 2.05) is 11.4 Å². The van der Waals surface area contributed by atoms with Crippen LogP contribution in [0, 0.1) is 5.92 Å². The molecule has 4 heterocycles. The molecule has 1 unspecified atom stereocenters. The highest BCUT2D eigenvalue weighted by Gasteiger charge is 2.33. The van der Waals surface area contributed by atoms with E-state index in [0.717, 1.165) is 33.9 Å². The lowest BCUT2D eigenvalue weighted by Gasteiger charge is -2.30. The highest BCUT2D eigenvalue weighted by Crippen LogP contribution is 2.29. The summed E-state index contributed by atoms with van der Waals surface area (Å²) in [5.74, 6) is 0.684. The summed E-state index contributed by atoms with van der Waals surface area (Å²) < 4.78 is 1.07. The number of nitrogens with one attached hydrogen (secondary N) is 1. The smallest absolute Gasteiger partial charge is 0.270 e. The molecule has 2 aliphatic heterocycles. The third kappa shape index (κ3) is 2.56. The van der Waals surface area contributed by atoms with Crippen LogP contribution >= 0.6 is 24.0 Å². The summed E-state index contributed by atoms with van der Waals surface area (Å²) in [5.41, 5.74) is 0.490. The van der Waals surface area contributed by atoms with E-state index in [-0.39, 0.29) is 11.9 Å². The van der Waals surface area contributed by atoms with E-state index in [2.05, 4.69) is 27.8 Å². The number of piperidine rings is 1. The van der Waals surface area contributed by atoms with E-state index >= 15 is 0 Å². The molecule has 2 bridgehead atoms. The lowest BCUT2D eigenvalue weighted by molar-refractivity contribution is 0.0904. The topological polar surface area (TPSA) is 45.2 Å². The van der Waals surface area contributed by atoms with Crippen molar-refractivity contribution in [3.63, 3.8) is 0 Å². The Morgan fingerprint density at radius 3 is 3.24 bits per heavy atom. The standard InChI is InChI=1S/C15H17N3OS2/c19-15(17-10-3-9-1-2-18(6-9)7-10)12-4-11-13(20)8-21-14(11)5-16-12/h4-5,8-10,20H,1-3,6-7H2,(H,17,19)/t9-,10+/m0/s1. The SMILES string of the molecule is O=C(N[C@@H]1C[C@@H]2CCN(C2)C1)c1cc2c(S)csc2cn1. The van der Waals surface area contributed by atoms with Crippen molar-refractivity contribution < 1.29 is 4.79 Å². The third-order valence-corrected chi connectivity index (χ3v) is 5.95. The Labute approximate surface area is 133 Å². The van der Waals surface area contributed by atoms with Crippen LogP contribution in [0.3, 0.4) is 0 Å². The molecule has 2 aliphatic rings. The molecule has 2 saturated heterocycles. The number of hydrogen-bond acceptors (Lipinski definition) is 5. The van der Waals surface area contributed by atoms with Gasteiger partial charge in [0.15, 0.2) is 0 Å². The average Bonchev–Trinajstić information content (AvgIpc) is 3.02. The first kappa shape index (κ1) is 13.5. The minimum Gasteiger partial charge on any atom is -0.347 e. The molecule has 3 atom stereocenters. The van der Waals surface area contributed by atoms with Crippen molar-refractivity contribution in [2.24, 2.45) is 5.92 Å². The number of fused-ring (bicyclic) bond motifs is 3. The Kier molecular flexibility index (Phi) is 3.40. The molecule has 4 rings (SSSR count).